The van der Waals surface area contributed by atoms with Gasteiger partial charge in [-0.15, -0.1) is 0 Å². The molecule has 0 N–H and O–H groups in total. The molecule has 1 saturated heterocycles. The Morgan fingerprint density at radius 3 is 1.69 bits per heavy atom. The molecule has 0 aliphatic carbocycles. The van der Waals surface area contributed by atoms with E-state index < -0.39 is 11.9 Å². The monoisotopic (exact) mass is 186 g/mol. The molecule has 1 aliphatic rings. The number of esters is 2. The van der Waals surface area contributed by atoms with E-state index in [1.807, 2.05) is 0 Å². The zero-order valence-corrected chi connectivity index (χ0v) is 7.58. The maximum absolute atomic E-state index is 10.9. The van der Waals surface area contributed by atoms with Crippen LogP contribution in [0.1, 0.15) is 32.1 Å². The van der Waals surface area contributed by atoms with E-state index in [4.69, 9.17) is 9.47 Å². The van der Waals surface area contributed by atoms with Crippen molar-refractivity contribution in [3.05, 3.63) is 0 Å². The maximum Gasteiger partial charge on any atom is 0.317 e. The SMILES string of the molecule is O=C1CC(=O)OCCCCCCO1. The first-order chi connectivity index (χ1) is 6.29. The fourth-order valence-corrected chi connectivity index (χ4v) is 1.15. The lowest BCUT2D eigenvalue weighted by Gasteiger charge is -2.02. The van der Waals surface area contributed by atoms with Gasteiger partial charge in [0.1, 0.15) is 6.42 Å². The fraction of sp³-hybridized carbons (Fsp3) is 0.778. The Hall–Kier alpha value is -1.06. The highest BCUT2D eigenvalue weighted by Crippen LogP contribution is 2.04. The van der Waals surface area contributed by atoms with Gasteiger partial charge in [0, 0.05) is 0 Å². The largest absolute Gasteiger partial charge is 0.465 e. The first-order valence-electron chi connectivity index (χ1n) is 4.60. The van der Waals surface area contributed by atoms with E-state index in [9.17, 15) is 9.59 Å². The Morgan fingerprint density at radius 2 is 1.23 bits per heavy atom. The summed E-state index contributed by atoms with van der Waals surface area (Å²) in [4.78, 5) is 21.8. The molecule has 4 heteroatoms. The lowest BCUT2D eigenvalue weighted by molar-refractivity contribution is -0.154. The summed E-state index contributed by atoms with van der Waals surface area (Å²) in [6.45, 7) is 0.845. The summed E-state index contributed by atoms with van der Waals surface area (Å²) in [6.07, 6.45) is 3.54. The predicted octanol–water partition coefficient (Wildman–Crippen LogP) is 1.04. The summed E-state index contributed by atoms with van der Waals surface area (Å²) in [6, 6.07) is 0. The Bertz CT molecular complexity index is 168. The van der Waals surface area contributed by atoms with Crippen LogP contribution in [0, 0.1) is 0 Å². The predicted molar refractivity (Wildman–Crippen MR) is 45.0 cm³/mol. The second kappa shape index (κ2) is 5.56. The molecular weight excluding hydrogens is 172 g/mol. The number of carbonyl (C=O) groups is 2. The Balaban J connectivity index is 2.34. The van der Waals surface area contributed by atoms with E-state index in [1.165, 1.54) is 0 Å². The standard InChI is InChI=1S/C9H14O4/c10-8-7-9(11)13-6-4-2-1-3-5-12-8/h1-7H2. The van der Waals surface area contributed by atoms with Crippen LogP contribution in [0.5, 0.6) is 0 Å². The van der Waals surface area contributed by atoms with E-state index in [0.29, 0.717) is 13.2 Å². The maximum atomic E-state index is 10.9. The summed E-state index contributed by atoms with van der Waals surface area (Å²) in [5.41, 5.74) is 0. The molecule has 1 rings (SSSR count). The van der Waals surface area contributed by atoms with Crippen molar-refractivity contribution in [2.24, 2.45) is 0 Å². The second-order valence-corrected chi connectivity index (χ2v) is 3.03. The Labute approximate surface area is 77.2 Å². The molecule has 4 nitrogen and oxygen atoms in total. The van der Waals surface area contributed by atoms with Gasteiger partial charge in [-0.1, -0.05) is 0 Å². The molecule has 0 aromatic heterocycles. The van der Waals surface area contributed by atoms with Crippen molar-refractivity contribution in [2.75, 3.05) is 13.2 Å². The lowest BCUT2D eigenvalue weighted by atomic mass is 10.2. The molecule has 0 spiro atoms. The molecule has 0 bridgehead atoms. The number of ether oxygens (including phenoxy) is 2. The highest BCUT2D eigenvalue weighted by atomic mass is 16.6. The van der Waals surface area contributed by atoms with Crippen molar-refractivity contribution < 1.29 is 19.1 Å². The third kappa shape index (κ3) is 4.50. The average molecular weight is 186 g/mol. The highest BCUT2D eigenvalue weighted by Gasteiger charge is 2.12. The van der Waals surface area contributed by atoms with Crippen LogP contribution in [0.25, 0.3) is 0 Å². The number of carbonyl (C=O) groups excluding carboxylic acids is 2. The molecule has 1 fully saturated rings. The van der Waals surface area contributed by atoms with Crippen LogP contribution in [-0.2, 0) is 19.1 Å². The molecule has 13 heavy (non-hydrogen) atoms. The number of cyclic esters (lactones) is 2. The highest BCUT2D eigenvalue weighted by molar-refractivity contribution is 5.91. The van der Waals surface area contributed by atoms with Gasteiger partial charge in [-0.3, -0.25) is 9.59 Å². The minimum absolute atomic E-state index is 0.250. The van der Waals surface area contributed by atoms with Crippen molar-refractivity contribution in [1.29, 1.82) is 0 Å². The first-order valence-corrected chi connectivity index (χ1v) is 4.60. The quantitative estimate of drug-likeness (QED) is 0.419. The topological polar surface area (TPSA) is 52.6 Å². The van der Waals surface area contributed by atoms with Crippen LogP contribution in [0.2, 0.25) is 0 Å². The van der Waals surface area contributed by atoms with Gasteiger partial charge in [-0.25, -0.2) is 0 Å². The Morgan fingerprint density at radius 1 is 0.769 bits per heavy atom. The molecule has 0 saturated carbocycles. The summed E-state index contributed by atoms with van der Waals surface area (Å²) < 4.78 is 9.61. The third-order valence-corrected chi connectivity index (χ3v) is 1.85. The van der Waals surface area contributed by atoms with Gasteiger partial charge in [0.2, 0.25) is 0 Å². The van der Waals surface area contributed by atoms with Crippen molar-refractivity contribution in [1.82, 2.24) is 0 Å². The van der Waals surface area contributed by atoms with Crippen LogP contribution in [-0.4, -0.2) is 25.2 Å². The summed E-state index contributed by atoms with van der Waals surface area (Å²) >= 11 is 0. The van der Waals surface area contributed by atoms with Gasteiger partial charge in [0.25, 0.3) is 0 Å². The number of hydrogen-bond acceptors (Lipinski definition) is 4. The fourth-order valence-electron chi connectivity index (χ4n) is 1.15. The van der Waals surface area contributed by atoms with E-state index in [0.717, 1.165) is 25.7 Å². The van der Waals surface area contributed by atoms with Gasteiger partial charge in [0.05, 0.1) is 13.2 Å². The van der Waals surface area contributed by atoms with Gasteiger partial charge in [-0.2, -0.15) is 0 Å². The van der Waals surface area contributed by atoms with E-state index in [-0.39, 0.29) is 6.42 Å². The minimum Gasteiger partial charge on any atom is -0.465 e. The molecule has 1 aliphatic heterocycles. The molecular formula is C9H14O4. The zero-order valence-electron chi connectivity index (χ0n) is 7.58. The third-order valence-electron chi connectivity index (χ3n) is 1.85. The molecule has 74 valence electrons. The van der Waals surface area contributed by atoms with Crippen LogP contribution in [0.3, 0.4) is 0 Å². The first kappa shape index (κ1) is 10.0. The summed E-state index contributed by atoms with van der Waals surface area (Å²) in [5, 5.41) is 0. The van der Waals surface area contributed by atoms with Gasteiger partial charge in [0.15, 0.2) is 0 Å². The van der Waals surface area contributed by atoms with Gasteiger partial charge >= 0.3 is 11.9 Å². The van der Waals surface area contributed by atoms with Crippen molar-refractivity contribution >= 4 is 11.9 Å². The van der Waals surface area contributed by atoms with Crippen LogP contribution < -0.4 is 0 Å². The lowest BCUT2D eigenvalue weighted by Crippen LogP contribution is -2.14. The molecule has 0 unspecified atom stereocenters. The van der Waals surface area contributed by atoms with Crippen molar-refractivity contribution in [3.8, 4) is 0 Å². The molecule has 0 amide bonds. The molecule has 0 aromatic rings. The molecule has 0 radical (unpaired) electrons. The van der Waals surface area contributed by atoms with Crippen molar-refractivity contribution in [2.45, 2.75) is 32.1 Å². The number of hydrogen-bond donors (Lipinski definition) is 0. The van der Waals surface area contributed by atoms with E-state index in [2.05, 4.69) is 0 Å². The second-order valence-electron chi connectivity index (χ2n) is 3.03. The minimum atomic E-state index is -0.480. The smallest absolute Gasteiger partial charge is 0.317 e. The molecule has 1 heterocycles. The molecule has 0 aromatic carbocycles. The van der Waals surface area contributed by atoms with Crippen LogP contribution in [0.15, 0.2) is 0 Å². The van der Waals surface area contributed by atoms with E-state index in [1.54, 1.807) is 0 Å². The van der Waals surface area contributed by atoms with Gasteiger partial charge < -0.3 is 9.47 Å². The van der Waals surface area contributed by atoms with E-state index >= 15 is 0 Å². The molecule has 0 atom stereocenters. The van der Waals surface area contributed by atoms with Crippen LogP contribution in [0.4, 0.5) is 0 Å². The normalized spacial score (nSPS) is 21.2. The Kier molecular flexibility index (Phi) is 4.29. The van der Waals surface area contributed by atoms with Crippen molar-refractivity contribution in [3.63, 3.8) is 0 Å². The average Bonchev–Trinajstić information content (AvgIpc) is 2.11. The summed E-state index contributed by atoms with van der Waals surface area (Å²) in [7, 11) is 0. The van der Waals surface area contributed by atoms with Crippen LogP contribution >= 0.6 is 0 Å². The van der Waals surface area contributed by atoms with Gasteiger partial charge in [-0.05, 0) is 25.7 Å². The summed E-state index contributed by atoms with van der Waals surface area (Å²) in [5.74, 6) is -0.959. The number of rotatable bonds is 0. The zero-order chi connectivity index (χ0) is 9.52.